The van der Waals surface area contributed by atoms with E-state index in [2.05, 4.69) is 0 Å². The van der Waals surface area contributed by atoms with E-state index in [4.69, 9.17) is 0 Å². The van der Waals surface area contributed by atoms with Crippen LogP contribution < -0.4 is 4.13 Å². The van der Waals surface area contributed by atoms with Gasteiger partial charge in [0.15, 0.2) is 0 Å². The molecular weight excluding hydrogens is 321 g/mol. The lowest BCUT2D eigenvalue weighted by molar-refractivity contribution is -0.0441. The highest BCUT2D eigenvalue weighted by Gasteiger charge is 2.48. The number of nitrogens with one attached hydrogen (secondary N) is 1. The van der Waals surface area contributed by atoms with Gasteiger partial charge in [0.2, 0.25) is 0 Å². The minimum atomic E-state index is -6.21. The van der Waals surface area contributed by atoms with Gasteiger partial charge in [-0.2, -0.15) is 13.2 Å². The van der Waals surface area contributed by atoms with Gasteiger partial charge in [-0.05, 0) is 12.1 Å². The summed E-state index contributed by atoms with van der Waals surface area (Å²) in [6.07, 6.45) is 0. The van der Waals surface area contributed by atoms with Crippen LogP contribution in [0.3, 0.4) is 0 Å². The zero-order chi connectivity index (χ0) is 15.1. The minimum Gasteiger partial charge on any atom is -0.207 e. The maximum Gasteiger partial charge on any atom is 0.512 e. The summed E-state index contributed by atoms with van der Waals surface area (Å²) in [6, 6.07) is 0.589. The highest BCUT2D eigenvalue weighted by molar-refractivity contribution is 8.05. The first-order chi connectivity index (χ1) is 8.35. The predicted molar refractivity (Wildman–Crippen MR) is 51.7 cm³/mol. The van der Waals surface area contributed by atoms with E-state index in [1.54, 1.807) is 0 Å². The van der Waals surface area contributed by atoms with Gasteiger partial charge in [-0.3, -0.25) is 0 Å². The summed E-state index contributed by atoms with van der Waals surface area (Å²) in [6.45, 7) is 0. The zero-order valence-electron chi connectivity index (χ0n) is 8.57. The molecule has 0 aliphatic heterocycles. The summed E-state index contributed by atoms with van der Waals surface area (Å²) < 4.78 is 105. The Morgan fingerprint density at radius 2 is 1.32 bits per heavy atom. The molecule has 0 spiro atoms. The normalized spacial score (nSPS) is 13.5. The highest BCUT2D eigenvalue weighted by atomic mass is 32.3. The molecule has 0 fully saturated rings. The number of sulfonamides is 2. The molecule has 0 atom stereocenters. The molecule has 0 aromatic heterocycles. The average molecular weight is 325 g/mol. The van der Waals surface area contributed by atoms with E-state index < -0.39 is 42.1 Å². The number of benzene rings is 1. The van der Waals surface area contributed by atoms with Crippen molar-refractivity contribution in [3.8, 4) is 0 Å². The van der Waals surface area contributed by atoms with Crippen molar-refractivity contribution in [1.82, 2.24) is 4.13 Å². The lowest BCUT2D eigenvalue weighted by Gasteiger charge is -2.10. The molecule has 1 aromatic rings. The van der Waals surface area contributed by atoms with E-state index in [-0.39, 0.29) is 18.2 Å². The second-order valence-corrected chi connectivity index (χ2v) is 6.76. The van der Waals surface area contributed by atoms with E-state index in [0.717, 1.165) is 0 Å². The monoisotopic (exact) mass is 325 g/mol. The van der Waals surface area contributed by atoms with Gasteiger partial charge in [0, 0.05) is 6.07 Å². The third kappa shape index (κ3) is 3.61. The topological polar surface area (TPSA) is 80.3 Å². The molecule has 0 aliphatic rings. The highest BCUT2D eigenvalue weighted by Crippen LogP contribution is 2.24. The fraction of sp³-hybridized carbons (Fsp3) is 0.143. The third-order valence-electron chi connectivity index (χ3n) is 1.67. The van der Waals surface area contributed by atoms with E-state index in [9.17, 15) is 38.8 Å². The van der Waals surface area contributed by atoms with Crippen LogP contribution in [-0.4, -0.2) is 22.3 Å². The van der Waals surface area contributed by atoms with E-state index in [1.165, 1.54) is 0 Å². The predicted octanol–water partition coefficient (Wildman–Crippen LogP) is 1.09. The molecule has 1 aromatic carbocycles. The molecule has 0 saturated carbocycles. The Kier molecular flexibility index (Phi) is 3.89. The molecule has 0 aliphatic carbocycles. The van der Waals surface area contributed by atoms with Crippen molar-refractivity contribution in [3.63, 3.8) is 0 Å². The summed E-state index contributed by atoms with van der Waals surface area (Å²) in [5, 5.41) is 0. The van der Waals surface area contributed by atoms with Gasteiger partial charge in [0.25, 0.3) is 10.0 Å². The first-order valence-corrected chi connectivity index (χ1v) is 7.13. The lowest BCUT2D eigenvalue weighted by Crippen LogP contribution is -2.40. The van der Waals surface area contributed by atoms with Gasteiger partial charge in [-0.25, -0.2) is 25.6 Å². The summed E-state index contributed by atoms with van der Waals surface area (Å²) >= 11 is 0. The van der Waals surface area contributed by atoms with Crippen LogP contribution in [0, 0.1) is 11.6 Å². The van der Waals surface area contributed by atoms with Gasteiger partial charge in [-0.1, -0.05) is 4.13 Å². The Morgan fingerprint density at radius 3 is 1.68 bits per heavy atom. The molecule has 108 valence electrons. The van der Waals surface area contributed by atoms with Crippen LogP contribution in [0.2, 0.25) is 0 Å². The maximum atomic E-state index is 12.7. The molecule has 12 heteroatoms. The van der Waals surface area contributed by atoms with Crippen LogP contribution in [-0.2, 0) is 20.0 Å². The van der Waals surface area contributed by atoms with E-state index >= 15 is 0 Å². The molecular formula is C7H4F5NO4S2. The van der Waals surface area contributed by atoms with Crippen molar-refractivity contribution >= 4 is 20.0 Å². The molecule has 0 heterocycles. The second kappa shape index (κ2) is 4.68. The zero-order valence-corrected chi connectivity index (χ0v) is 10.2. The van der Waals surface area contributed by atoms with Crippen molar-refractivity contribution in [3.05, 3.63) is 29.8 Å². The quantitative estimate of drug-likeness (QED) is 0.844. The van der Waals surface area contributed by atoms with Crippen molar-refractivity contribution in [2.24, 2.45) is 0 Å². The SMILES string of the molecule is O=S(=O)(NS(=O)(=O)C(F)(F)F)c1cc(F)cc(F)c1. The second-order valence-electron chi connectivity index (χ2n) is 3.14. The van der Waals surface area contributed by atoms with Crippen molar-refractivity contribution in [2.45, 2.75) is 10.4 Å². The standard InChI is InChI=1S/C7H4F5NO4S2/c8-4-1-5(9)3-6(2-4)18(14,15)13-19(16,17)7(10,11)12/h1-3,13H. The Balaban J connectivity index is 3.27. The summed E-state index contributed by atoms with van der Waals surface area (Å²) in [4.78, 5) is -1.29. The number of hydrogen-bond donors (Lipinski definition) is 1. The largest absolute Gasteiger partial charge is 0.512 e. The molecule has 0 saturated heterocycles. The molecule has 0 bridgehead atoms. The Morgan fingerprint density at radius 1 is 0.895 bits per heavy atom. The first-order valence-electron chi connectivity index (χ1n) is 4.16. The Labute approximate surface area is 104 Å². The van der Waals surface area contributed by atoms with Gasteiger partial charge in [0.05, 0.1) is 4.90 Å². The van der Waals surface area contributed by atoms with Crippen molar-refractivity contribution in [2.75, 3.05) is 0 Å². The van der Waals surface area contributed by atoms with Crippen LogP contribution in [0.4, 0.5) is 22.0 Å². The summed E-state index contributed by atoms with van der Waals surface area (Å²) in [5.74, 6) is -2.80. The molecule has 0 unspecified atom stereocenters. The molecule has 5 nitrogen and oxygen atoms in total. The van der Waals surface area contributed by atoms with Gasteiger partial charge < -0.3 is 0 Å². The number of halogens is 5. The van der Waals surface area contributed by atoms with Crippen LogP contribution >= 0.6 is 0 Å². The minimum absolute atomic E-state index is 0.164. The summed E-state index contributed by atoms with van der Waals surface area (Å²) in [5.41, 5.74) is -5.88. The van der Waals surface area contributed by atoms with Crippen LogP contribution in [0.5, 0.6) is 0 Å². The number of rotatable bonds is 3. The lowest BCUT2D eigenvalue weighted by atomic mass is 10.3. The number of alkyl halides is 3. The first kappa shape index (κ1) is 15.8. The average Bonchev–Trinajstić information content (AvgIpc) is 2.12. The van der Waals surface area contributed by atoms with Gasteiger partial charge >= 0.3 is 15.5 Å². The Hall–Kier alpha value is -1.27. The van der Waals surface area contributed by atoms with Crippen LogP contribution in [0.25, 0.3) is 0 Å². The Bertz CT molecular complexity index is 674. The molecule has 0 amide bonds. The molecule has 1 rings (SSSR count). The smallest absolute Gasteiger partial charge is 0.207 e. The van der Waals surface area contributed by atoms with Crippen molar-refractivity contribution < 1.29 is 38.8 Å². The maximum absolute atomic E-state index is 12.7. The van der Waals surface area contributed by atoms with E-state index in [0.29, 0.717) is 4.13 Å². The third-order valence-corrected chi connectivity index (χ3v) is 4.89. The number of hydrogen-bond acceptors (Lipinski definition) is 4. The molecule has 19 heavy (non-hydrogen) atoms. The summed E-state index contributed by atoms with van der Waals surface area (Å²) in [7, 11) is -11.5. The molecule has 0 radical (unpaired) electrons. The van der Waals surface area contributed by atoms with Gasteiger partial charge in [-0.15, -0.1) is 0 Å². The van der Waals surface area contributed by atoms with Crippen molar-refractivity contribution in [1.29, 1.82) is 0 Å². The van der Waals surface area contributed by atoms with Crippen LogP contribution in [0.15, 0.2) is 23.1 Å². The fourth-order valence-electron chi connectivity index (χ4n) is 0.923. The fourth-order valence-corrected chi connectivity index (χ4v) is 3.38. The molecule has 1 N–H and O–H groups in total. The van der Waals surface area contributed by atoms with Gasteiger partial charge in [0.1, 0.15) is 11.6 Å². The van der Waals surface area contributed by atoms with E-state index in [1.807, 2.05) is 0 Å². The van der Waals surface area contributed by atoms with Crippen LogP contribution in [0.1, 0.15) is 0 Å².